The van der Waals surface area contributed by atoms with Crippen molar-refractivity contribution in [2.75, 3.05) is 89.7 Å². The van der Waals surface area contributed by atoms with E-state index in [1.54, 1.807) is 42.2 Å². The van der Waals surface area contributed by atoms with Gasteiger partial charge in [-0.15, -0.1) is 0 Å². The molecule has 0 aromatic heterocycles. The van der Waals surface area contributed by atoms with Crippen molar-refractivity contribution >= 4 is 88.4 Å². The zero-order valence-corrected chi connectivity index (χ0v) is 65.7. The number of carbonyl (C=O) groups excluding carboxylic acids is 13. The Morgan fingerprint density at radius 2 is 1.00 bits per heavy atom. The van der Waals surface area contributed by atoms with Gasteiger partial charge in [0.05, 0.1) is 38.3 Å². The lowest BCUT2D eigenvalue weighted by Gasteiger charge is -2.37. The molecule has 2 fully saturated rings. The number of likely N-dealkylation sites (tertiary alicyclic amines) is 1. The Kier molecular flexibility index (Phi) is 34.5. The minimum Gasteiger partial charge on any atom is -0.496 e. The van der Waals surface area contributed by atoms with E-state index in [0.717, 1.165) is 26.0 Å². The van der Waals surface area contributed by atoms with Gasteiger partial charge < -0.3 is 75.6 Å². The lowest BCUT2D eigenvalue weighted by atomic mass is 9.94. The standard InChI is InChI=1S/C75H118ClN13O15/c1-21-47(10)64-75(103)88(19)58(35-46(8)9)70(98)81-65(48(11)90)74(102)83(14)42-63(93)85(16)59(39-49-26-25-27-51(76)36-49)73(101)87(18)57(34-45(6)7)68(96)78-53(38-50-28-29-60(104-20)52(37-50)66(94)77-12)71(99)86(17)56(33-44(4)5)67(95)79-54(72(100)89-30-23-22-24-31-89)40-61(91)82(13)41-62(92)84(15)55(32-43(2)3)69(97)80-64/h25-29,36-37,43-48,53-59,64-65,90H,21-24,30-35,38-42H2,1-20H3,(H,77,94)(H,78,96)(H,79,95)(H,80,97)(H,81,98)/t47-,48+,53-,54-,55-,56-,57-,58-,59-,64-,65-/m0/s1. The molecule has 11 atom stereocenters. The molecule has 2 heterocycles. The Hall–Kier alpha value is -8.40. The van der Waals surface area contributed by atoms with E-state index in [1.165, 1.54) is 97.2 Å². The summed E-state index contributed by atoms with van der Waals surface area (Å²) in [5.74, 6) is -11.0. The van der Waals surface area contributed by atoms with Crippen molar-refractivity contribution in [3.05, 3.63) is 64.2 Å². The van der Waals surface area contributed by atoms with Gasteiger partial charge in [0.25, 0.3) is 5.91 Å². The third kappa shape index (κ3) is 24.6. The molecule has 2 saturated heterocycles. The van der Waals surface area contributed by atoms with Gasteiger partial charge in [0.2, 0.25) is 70.9 Å². The van der Waals surface area contributed by atoms with Crippen LogP contribution in [0, 0.1) is 29.6 Å². The summed E-state index contributed by atoms with van der Waals surface area (Å²) in [5.41, 5.74) is 0.964. The molecular weight excluding hydrogens is 1360 g/mol. The van der Waals surface area contributed by atoms with E-state index in [2.05, 4.69) is 26.6 Å². The predicted molar refractivity (Wildman–Crippen MR) is 395 cm³/mol. The number of amides is 13. The number of ether oxygens (including phenoxy) is 1. The molecule has 0 aliphatic carbocycles. The average molecular weight is 1480 g/mol. The summed E-state index contributed by atoms with van der Waals surface area (Å²) in [6.07, 6.45) is -0.0254. The van der Waals surface area contributed by atoms with E-state index in [4.69, 9.17) is 16.3 Å². The highest BCUT2D eigenvalue weighted by molar-refractivity contribution is 6.30. The van der Waals surface area contributed by atoms with Crippen LogP contribution in [0.5, 0.6) is 5.75 Å². The molecular formula is C75H118ClN13O15. The number of piperidine rings is 1. The van der Waals surface area contributed by atoms with Gasteiger partial charge in [0.15, 0.2) is 0 Å². The lowest BCUT2D eigenvalue weighted by Crippen LogP contribution is -2.62. The number of methoxy groups -OCH3 is 1. The molecule has 4 rings (SSSR count). The molecule has 0 unspecified atom stereocenters. The maximum atomic E-state index is 15.7. The molecule has 13 amide bonds. The largest absolute Gasteiger partial charge is 0.496 e. The summed E-state index contributed by atoms with van der Waals surface area (Å²) < 4.78 is 5.52. The van der Waals surface area contributed by atoms with Crippen LogP contribution in [0.4, 0.5) is 0 Å². The number of hydrogen-bond donors (Lipinski definition) is 6. The monoisotopic (exact) mass is 1480 g/mol. The number of aliphatic hydroxyl groups is 1. The Morgan fingerprint density at radius 3 is 1.49 bits per heavy atom. The molecule has 2 aromatic rings. The van der Waals surface area contributed by atoms with Crippen LogP contribution in [-0.4, -0.2) is 271 Å². The van der Waals surface area contributed by atoms with Crippen molar-refractivity contribution in [1.82, 2.24) is 65.8 Å². The maximum Gasteiger partial charge on any atom is 0.254 e. The number of nitrogens with zero attached hydrogens (tertiary/aromatic N) is 8. The van der Waals surface area contributed by atoms with E-state index in [9.17, 15) is 48.3 Å². The number of nitrogens with one attached hydrogen (secondary N) is 5. The molecule has 2 aromatic carbocycles. The van der Waals surface area contributed by atoms with E-state index in [-0.39, 0.29) is 73.5 Å². The molecule has 104 heavy (non-hydrogen) atoms. The summed E-state index contributed by atoms with van der Waals surface area (Å²) >= 11 is 6.50. The van der Waals surface area contributed by atoms with Crippen molar-refractivity contribution in [3.63, 3.8) is 0 Å². The normalized spacial score (nSPS) is 24.1. The van der Waals surface area contributed by atoms with Crippen molar-refractivity contribution in [3.8, 4) is 5.75 Å². The molecule has 0 bridgehead atoms. The summed E-state index contributed by atoms with van der Waals surface area (Å²) in [6.45, 7) is 18.8. The van der Waals surface area contributed by atoms with Gasteiger partial charge in [0.1, 0.15) is 60.1 Å². The molecule has 28 nitrogen and oxygen atoms in total. The number of carbonyl (C=O) groups is 13. The summed E-state index contributed by atoms with van der Waals surface area (Å²) in [5, 5.41) is 25.4. The van der Waals surface area contributed by atoms with Crippen LogP contribution in [0.15, 0.2) is 42.5 Å². The van der Waals surface area contributed by atoms with Gasteiger partial charge in [-0.05, 0) is 117 Å². The average Bonchev–Trinajstić information content (AvgIpc) is 0.822. The first-order valence-electron chi connectivity index (χ1n) is 36.3. The van der Waals surface area contributed by atoms with Crippen molar-refractivity contribution in [2.24, 2.45) is 29.6 Å². The Balaban J connectivity index is 2.02. The van der Waals surface area contributed by atoms with Crippen molar-refractivity contribution < 1.29 is 72.2 Å². The first kappa shape index (κ1) is 88.0. The number of likely N-dealkylation sites (N-methyl/N-ethyl adjacent to an activating group) is 7. The van der Waals surface area contributed by atoms with Crippen LogP contribution in [0.2, 0.25) is 5.02 Å². The van der Waals surface area contributed by atoms with E-state index >= 15 is 19.2 Å². The predicted octanol–water partition coefficient (Wildman–Crippen LogP) is 3.51. The second kappa shape index (κ2) is 40.8. The fraction of sp³-hybridized carbons (Fsp3) is 0.667. The van der Waals surface area contributed by atoms with Gasteiger partial charge >= 0.3 is 0 Å². The summed E-state index contributed by atoms with van der Waals surface area (Å²) in [6, 6.07) is -1.50. The second-order valence-corrected chi connectivity index (χ2v) is 30.3. The zero-order valence-electron chi connectivity index (χ0n) is 64.9. The molecule has 0 radical (unpaired) electrons. The molecule has 0 saturated carbocycles. The fourth-order valence-electron chi connectivity index (χ4n) is 13.0. The quantitative estimate of drug-likeness (QED) is 0.124. The molecule has 0 spiro atoms. The van der Waals surface area contributed by atoms with Crippen LogP contribution < -0.4 is 31.3 Å². The van der Waals surface area contributed by atoms with Crippen LogP contribution in [0.1, 0.15) is 155 Å². The first-order chi connectivity index (χ1) is 48.7. The maximum absolute atomic E-state index is 15.7. The molecule has 6 N–H and O–H groups in total. The van der Waals surface area contributed by atoms with Gasteiger partial charge in [0, 0.05) is 87.3 Å². The van der Waals surface area contributed by atoms with Crippen molar-refractivity contribution in [1.29, 1.82) is 0 Å². The number of rotatable bonds is 18. The highest BCUT2D eigenvalue weighted by Gasteiger charge is 2.44. The Bertz CT molecular complexity index is 3340. The smallest absolute Gasteiger partial charge is 0.254 e. The van der Waals surface area contributed by atoms with E-state index in [0.29, 0.717) is 48.5 Å². The van der Waals surface area contributed by atoms with Gasteiger partial charge in [-0.1, -0.05) is 105 Å². The van der Waals surface area contributed by atoms with E-state index < -0.39 is 163 Å². The Morgan fingerprint density at radius 1 is 0.538 bits per heavy atom. The van der Waals surface area contributed by atoms with Gasteiger partial charge in [-0.2, -0.15) is 0 Å². The number of benzene rings is 2. The topological polar surface area (TPSA) is 337 Å². The summed E-state index contributed by atoms with van der Waals surface area (Å²) in [4.78, 5) is 203. The molecule has 2 aliphatic heterocycles. The van der Waals surface area contributed by atoms with Crippen LogP contribution >= 0.6 is 11.6 Å². The van der Waals surface area contributed by atoms with Gasteiger partial charge in [-0.3, -0.25) is 62.3 Å². The lowest BCUT2D eigenvalue weighted by molar-refractivity contribution is -0.150. The third-order valence-electron chi connectivity index (χ3n) is 19.6. The SMILES string of the molecule is CC[C@H](C)[C@@H]1NC(=O)[C@H](CC(C)C)N(C)C(=O)CN(C)C(=O)C[C@@H](C(=O)N2CCCCC2)NC(=O)[C@H](CC(C)C)N(C)C(=O)[C@H](Cc2ccc(OC)c(C(=O)NC)c2)NC(=O)[C@H](CC(C)C)N(C)C(=O)[C@H](Cc2cccc(Cl)c2)N(C)C(=O)CN(C)C(=O)[C@H]([C@@H](C)O)NC(=O)[C@H](CC(C)C)N(C)C1=O. The first-order valence-corrected chi connectivity index (χ1v) is 36.7. The number of halogens is 1. The minimum atomic E-state index is -1.69. The van der Waals surface area contributed by atoms with Crippen LogP contribution in [-0.2, 0) is 70.4 Å². The fourth-order valence-corrected chi connectivity index (χ4v) is 13.2. The zero-order chi connectivity index (χ0) is 78.5. The molecule has 2 aliphatic rings. The third-order valence-corrected chi connectivity index (χ3v) is 19.8. The van der Waals surface area contributed by atoms with Gasteiger partial charge in [-0.25, -0.2) is 0 Å². The highest BCUT2D eigenvalue weighted by atomic mass is 35.5. The molecule has 29 heteroatoms. The van der Waals surface area contributed by atoms with Crippen LogP contribution in [0.3, 0.4) is 0 Å². The number of hydrogen-bond acceptors (Lipinski definition) is 15. The molecule has 580 valence electrons. The van der Waals surface area contributed by atoms with Crippen molar-refractivity contribution in [2.45, 2.75) is 207 Å². The second-order valence-electron chi connectivity index (χ2n) is 29.9. The Labute approximate surface area is 620 Å². The van der Waals surface area contributed by atoms with Crippen LogP contribution in [0.25, 0.3) is 0 Å². The van der Waals surface area contributed by atoms with E-state index in [1.807, 2.05) is 62.3 Å². The summed E-state index contributed by atoms with van der Waals surface area (Å²) in [7, 11) is 12.3. The number of aliphatic hydroxyl groups excluding tert-OH is 1. The highest BCUT2D eigenvalue weighted by Crippen LogP contribution is 2.26. The minimum absolute atomic E-state index is 0.000730.